The summed E-state index contributed by atoms with van der Waals surface area (Å²) in [5.74, 6) is 2.99. The number of benzene rings is 1. The fourth-order valence-corrected chi connectivity index (χ4v) is 3.91. The van der Waals surface area contributed by atoms with Crippen molar-refractivity contribution in [1.82, 2.24) is 5.32 Å². The molecule has 0 aromatic heterocycles. The molecule has 7 heteroatoms. The van der Waals surface area contributed by atoms with Gasteiger partial charge in [0.05, 0.1) is 6.61 Å². The minimum atomic E-state index is -0.261. The molecule has 2 aliphatic heterocycles. The van der Waals surface area contributed by atoms with Crippen molar-refractivity contribution in [3.8, 4) is 11.7 Å². The van der Waals surface area contributed by atoms with E-state index in [0.29, 0.717) is 25.9 Å². The van der Waals surface area contributed by atoms with Gasteiger partial charge in [0.2, 0.25) is 12.3 Å². The summed E-state index contributed by atoms with van der Waals surface area (Å²) in [6.07, 6.45) is 3.15. The van der Waals surface area contributed by atoms with Crippen molar-refractivity contribution in [2.45, 2.75) is 44.7 Å². The average molecular weight is 353 g/mol. The van der Waals surface area contributed by atoms with E-state index < -0.39 is 0 Å². The second-order valence-corrected chi connectivity index (χ2v) is 7.56. The molecule has 1 N–H and O–H groups in total. The highest BCUT2D eigenvalue weighted by molar-refractivity contribution is 6.67. The summed E-state index contributed by atoms with van der Waals surface area (Å²) in [4.78, 5) is 24.3. The van der Waals surface area contributed by atoms with E-state index in [4.69, 9.17) is 10.00 Å². The molecule has 136 valence electrons. The van der Waals surface area contributed by atoms with Crippen LogP contribution >= 0.6 is 0 Å². The third-order valence-corrected chi connectivity index (χ3v) is 5.64. The summed E-state index contributed by atoms with van der Waals surface area (Å²) in [6, 6.07) is 4.28. The van der Waals surface area contributed by atoms with Crippen LogP contribution in [0.5, 0.6) is 5.75 Å². The van der Waals surface area contributed by atoms with Gasteiger partial charge in [-0.3, -0.25) is 14.9 Å². The number of nitriles is 1. The number of fused-ring (bicyclic) bond motifs is 1. The Bertz CT molecular complexity index is 753. The van der Waals surface area contributed by atoms with Crippen LogP contribution in [-0.2, 0) is 15.0 Å². The van der Waals surface area contributed by atoms with Crippen molar-refractivity contribution >= 4 is 24.7 Å². The molecule has 6 nitrogen and oxygen atoms in total. The van der Waals surface area contributed by atoms with Crippen LogP contribution in [0, 0.1) is 18.2 Å². The lowest BCUT2D eigenvalue weighted by molar-refractivity contribution is -0.125. The van der Waals surface area contributed by atoms with Crippen molar-refractivity contribution in [2.24, 2.45) is 0 Å². The molecule has 1 fully saturated rings. The zero-order chi connectivity index (χ0) is 18.7. The number of hydrogen-bond donors (Lipinski definition) is 1. The maximum atomic E-state index is 11.6. The van der Waals surface area contributed by atoms with Gasteiger partial charge in [0, 0.05) is 48.2 Å². The summed E-state index contributed by atoms with van der Waals surface area (Å²) in [5.41, 5.74) is 3.26. The number of carbonyl (C=O) groups is 2. The number of imide groups is 1. The van der Waals surface area contributed by atoms with Crippen LogP contribution in [0.1, 0.15) is 30.9 Å². The Morgan fingerprint density at radius 1 is 1.46 bits per heavy atom. The van der Waals surface area contributed by atoms with E-state index in [-0.39, 0.29) is 18.0 Å². The molecule has 0 radical (unpaired) electrons. The highest BCUT2D eigenvalue weighted by atomic mass is 16.5. The first-order chi connectivity index (χ1) is 12.5. The molecule has 1 aromatic carbocycles. The molecule has 0 saturated carbocycles. The molecule has 2 aliphatic rings. The molecule has 2 amide bonds. The van der Waals surface area contributed by atoms with Crippen molar-refractivity contribution in [1.29, 1.82) is 5.26 Å². The SMILES string of the molecule is Cc1cc2c(cc1N1CCB(C#N)CC1)OCC2(C)CCC(=O)NC=O. The number of hydrogen-bond acceptors (Lipinski definition) is 5. The van der Waals surface area contributed by atoms with Gasteiger partial charge in [-0.25, -0.2) is 5.26 Å². The van der Waals surface area contributed by atoms with Gasteiger partial charge in [-0.15, -0.1) is 0 Å². The maximum absolute atomic E-state index is 11.6. The van der Waals surface area contributed by atoms with E-state index in [9.17, 15) is 9.59 Å². The Morgan fingerprint density at radius 3 is 2.85 bits per heavy atom. The van der Waals surface area contributed by atoms with Crippen LogP contribution in [0.25, 0.3) is 0 Å². The predicted molar refractivity (Wildman–Crippen MR) is 101 cm³/mol. The number of anilines is 1. The molecular formula is C19H24BN3O3. The highest BCUT2D eigenvalue weighted by Gasteiger charge is 2.37. The minimum absolute atomic E-state index is 0.165. The third kappa shape index (κ3) is 3.55. The fourth-order valence-electron chi connectivity index (χ4n) is 3.91. The Hall–Kier alpha value is -2.49. The number of carbonyl (C=O) groups excluding carboxylic acids is 2. The number of nitrogens with zero attached hydrogens (tertiary/aromatic N) is 2. The lowest BCUT2D eigenvalue weighted by Gasteiger charge is -2.32. The van der Waals surface area contributed by atoms with Crippen LogP contribution in [0.2, 0.25) is 12.6 Å². The van der Waals surface area contributed by atoms with E-state index in [2.05, 4.69) is 42.2 Å². The molecule has 0 aliphatic carbocycles. The lowest BCUT2D eigenvalue weighted by atomic mass is 9.45. The van der Waals surface area contributed by atoms with Crippen molar-refractivity contribution in [3.63, 3.8) is 0 Å². The Labute approximate surface area is 154 Å². The standard InChI is InChI=1S/C19H24BN3O3/c1-14-9-15-17(10-16(14)23-7-5-20(12-21)6-8-23)26-11-19(15,2)4-3-18(25)22-13-24/h9-10,13H,3-8,11H2,1-2H3,(H,22,24,25). The second-order valence-electron chi connectivity index (χ2n) is 7.56. The summed E-state index contributed by atoms with van der Waals surface area (Å²) in [6.45, 7) is 6.69. The minimum Gasteiger partial charge on any atom is -0.492 e. The van der Waals surface area contributed by atoms with Crippen molar-refractivity contribution in [3.05, 3.63) is 23.3 Å². The van der Waals surface area contributed by atoms with Gasteiger partial charge in [-0.2, -0.15) is 0 Å². The molecule has 0 spiro atoms. The number of rotatable bonds is 5. The maximum Gasteiger partial charge on any atom is 0.271 e. The molecule has 0 bridgehead atoms. The number of ether oxygens (including phenoxy) is 1. The van der Waals surface area contributed by atoms with E-state index in [1.54, 1.807) is 0 Å². The van der Waals surface area contributed by atoms with Gasteiger partial charge in [0.25, 0.3) is 6.71 Å². The first kappa shape index (κ1) is 18.3. The van der Waals surface area contributed by atoms with Crippen LogP contribution in [0.3, 0.4) is 0 Å². The first-order valence-electron chi connectivity index (χ1n) is 9.12. The fraction of sp³-hybridized carbons (Fsp3) is 0.526. The number of amides is 2. The molecule has 1 saturated heterocycles. The Balaban J connectivity index is 1.76. The van der Waals surface area contributed by atoms with E-state index in [1.165, 1.54) is 11.3 Å². The molecule has 1 unspecified atom stereocenters. The molecule has 3 rings (SSSR count). The van der Waals surface area contributed by atoms with Gasteiger partial charge < -0.3 is 9.64 Å². The molecule has 26 heavy (non-hydrogen) atoms. The molecule has 2 heterocycles. The van der Waals surface area contributed by atoms with Crippen molar-refractivity contribution in [2.75, 3.05) is 24.6 Å². The van der Waals surface area contributed by atoms with Gasteiger partial charge in [0.15, 0.2) is 0 Å². The Morgan fingerprint density at radius 2 is 2.19 bits per heavy atom. The third-order valence-electron chi connectivity index (χ3n) is 5.64. The van der Waals surface area contributed by atoms with E-state index in [1.807, 2.05) is 0 Å². The quantitative estimate of drug-likeness (QED) is 0.647. The van der Waals surface area contributed by atoms with E-state index >= 15 is 0 Å². The Kier molecular flexibility index (Phi) is 5.22. The van der Waals surface area contributed by atoms with Gasteiger partial charge in [0.1, 0.15) is 5.75 Å². The average Bonchev–Trinajstić information content (AvgIpc) is 2.96. The summed E-state index contributed by atoms with van der Waals surface area (Å²) in [7, 11) is 0. The second kappa shape index (κ2) is 7.41. The van der Waals surface area contributed by atoms with Crippen molar-refractivity contribution < 1.29 is 14.3 Å². The smallest absolute Gasteiger partial charge is 0.271 e. The number of aryl methyl sites for hydroxylation is 1. The van der Waals surface area contributed by atoms with Crippen LogP contribution < -0.4 is 15.0 Å². The summed E-state index contributed by atoms with van der Waals surface area (Å²) >= 11 is 0. The molecule has 1 aromatic rings. The monoisotopic (exact) mass is 353 g/mol. The highest BCUT2D eigenvalue weighted by Crippen LogP contribution is 2.44. The normalized spacial score (nSPS) is 21.6. The first-order valence-corrected chi connectivity index (χ1v) is 9.12. The molecular weight excluding hydrogens is 329 g/mol. The molecule has 1 atom stereocenters. The lowest BCUT2D eigenvalue weighted by Crippen LogP contribution is -2.36. The zero-order valence-electron chi connectivity index (χ0n) is 15.4. The van der Waals surface area contributed by atoms with Crippen LogP contribution in [0.15, 0.2) is 12.1 Å². The largest absolute Gasteiger partial charge is 0.492 e. The van der Waals surface area contributed by atoms with Gasteiger partial charge in [-0.05, 0) is 37.6 Å². The zero-order valence-corrected chi connectivity index (χ0v) is 15.4. The summed E-state index contributed by atoms with van der Waals surface area (Å²) < 4.78 is 5.95. The predicted octanol–water partition coefficient (Wildman–Crippen LogP) is 2.08. The van der Waals surface area contributed by atoms with Crippen LogP contribution in [0.4, 0.5) is 5.69 Å². The van der Waals surface area contributed by atoms with Crippen LogP contribution in [-0.4, -0.2) is 38.7 Å². The summed E-state index contributed by atoms with van der Waals surface area (Å²) in [5, 5.41) is 11.3. The van der Waals surface area contributed by atoms with Gasteiger partial charge >= 0.3 is 0 Å². The van der Waals surface area contributed by atoms with Gasteiger partial charge in [-0.1, -0.05) is 6.92 Å². The number of nitrogens with one attached hydrogen (secondary N) is 1. The van der Waals surface area contributed by atoms with E-state index in [0.717, 1.165) is 37.0 Å². The topological polar surface area (TPSA) is 82.4 Å².